The van der Waals surface area contributed by atoms with Crippen molar-refractivity contribution in [2.24, 2.45) is 0 Å². The van der Waals surface area contributed by atoms with E-state index >= 15 is 0 Å². The molecule has 2 N–H and O–H groups in total. The van der Waals surface area contributed by atoms with Crippen molar-refractivity contribution in [3.63, 3.8) is 0 Å². The number of phenols is 2. The third kappa shape index (κ3) is 3.11. The van der Waals surface area contributed by atoms with Gasteiger partial charge in [0.25, 0.3) is 0 Å². The van der Waals surface area contributed by atoms with E-state index in [4.69, 9.17) is 0 Å². The molecule has 0 fully saturated rings. The van der Waals surface area contributed by atoms with Gasteiger partial charge in [-0.1, -0.05) is 48.5 Å². The lowest BCUT2D eigenvalue weighted by molar-refractivity contribution is -0.137. The number of aromatic hydroxyl groups is 2. The van der Waals surface area contributed by atoms with Gasteiger partial charge in [0.15, 0.2) is 0 Å². The van der Waals surface area contributed by atoms with Gasteiger partial charge in [-0.25, -0.2) is 4.98 Å². The molecule has 3 aromatic carbocycles. The second-order valence-electron chi connectivity index (χ2n) is 7.43. The van der Waals surface area contributed by atoms with E-state index in [2.05, 4.69) is 4.98 Å². The molecular weight excluding hydrogens is 403 g/mol. The molecule has 5 rings (SSSR count). The summed E-state index contributed by atoms with van der Waals surface area (Å²) in [6.45, 7) is 0. The highest BCUT2D eigenvalue weighted by atomic mass is 19.4. The topological polar surface area (TPSA) is 53.4 Å². The van der Waals surface area contributed by atoms with E-state index in [0.717, 1.165) is 17.2 Å². The maximum Gasteiger partial charge on any atom is 0.417 e. The standard InChI is InChI=1S/C25H16F3NO2/c26-25(27,28)19-9-3-1-8-16(19)20-13-17(15-7-2-4-10-21(15)30)18-12-14-6-5-11-22(31)23(14)24(18)29-20/h1-11,13,30-31H,12H2. The molecule has 3 nitrogen and oxygen atoms in total. The Labute approximate surface area is 176 Å². The molecule has 4 aromatic rings. The van der Waals surface area contributed by atoms with E-state index in [1.54, 1.807) is 30.3 Å². The molecule has 0 amide bonds. The summed E-state index contributed by atoms with van der Waals surface area (Å²) in [6.07, 6.45) is -4.09. The maximum atomic E-state index is 13.7. The predicted molar refractivity (Wildman–Crippen MR) is 112 cm³/mol. The zero-order valence-electron chi connectivity index (χ0n) is 16.1. The molecule has 0 spiro atoms. The van der Waals surface area contributed by atoms with Crippen LogP contribution in [0.5, 0.6) is 11.5 Å². The van der Waals surface area contributed by atoms with Gasteiger partial charge in [0, 0.05) is 23.1 Å². The molecule has 0 unspecified atom stereocenters. The summed E-state index contributed by atoms with van der Waals surface area (Å²) in [7, 11) is 0. The summed E-state index contributed by atoms with van der Waals surface area (Å²) in [5.74, 6) is 0.0411. The van der Waals surface area contributed by atoms with E-state index in [1.165, 1.54) is 30.3 Å². The zero-order chi connectivity index (χ0) is 21.8. The summed E-state index contributed by atoms with van der Waals surface area (Å²) in [6, 6.07) is 18.7. The van der Waals surface area contributed by atoms with Crippen LogP contribution in [0.3, 0.4) is 0 Å². The molecule has 0 aliphatic heterocycles. The first-order valence-electron chi connectivity index (χ1n) is 9.64. The minimum absolute atomic E-state index is 0.0196. The minimum atomic E-state index is -4.55. The number of hydrogen-bond acceptors (Lipinski definition) is 3. The third-order valence-corrected chi connectivity index (χ3v) is 5.56. The molecule has 0 bridgehead atoms. The van der Waals surface area contributed by atoms with Crippen LogP contribution in [0.2, 0.25) is 0 Å². The van der Waals surface area contributed by atoms with Crippen molar-refractivity contribution < 1.29 is 23.4 Å². The Morgan fingerprint density at radius 2 is 1.42 bits per heavy atom. The second kappa shape index (κ2) is 6.87. The molecule has 1 aliphatic carbocycles. The summed E-state index contributed by atoms with van der Waals surface area (Å²) >= 11 is 0. The molecule has 1 heterocycles. The van der Waals surface area contributed by atoms with Crippen LogP contribution >= 0.6 is 0 Å². The number of para-hydroxylation sites is 1. The Bertz CT molecular complexity index is 1330. The molecule has 1 aromatic heterocycles. The molecule has 6 heteroatoms. The molecule has 0 saturated heterocycles. The number of benzene rings is 3. The number of rotatable bonds is 2. The van der Waals surface area contributed by atoms with E-state index in [1.807, 2.05) is 6.07 Å². The zero-order valence-corrected chi connectivity index (χ0v) is 16.1. The number of aromatic nitrogens is 1. The van der Waals surface area contributed by atoms with Crippen LogP contribution in [0, 0.1) is 0 Å². The number of pyridine rings is 1. The Morgan fingerprint density at radius 1 is 0.742 bits per heavy atom. The number of halogens is 3. The third-order valence-electron chi connectivity index (χ3n) is 5.56. The Morgan fingerprint density at radius 3 is 2.16 bits per heavy atom. The molecule has 0 radical (unpaired) electrons. The van der Waals surface area contributed by atoms with Crippen LogP contribution in [0.4, 0.5) is 13.2 Å². The molecule has 1 aliphatic rings. The van der Waals surface area contributed by atoms with Crippen molar-refractivity contribution in [2.75, 3.05) is 0 Å². The first-order valence-corrected chi connectivity index (χ1v) is 9.64. The number of alkyl halides is 3. The lowest BCUT2D eigenvalue weighted by Gasteiger charge is -2.16. The van der Waals surface area contributed by atoms with Crippen LogP contribution in [0.15, 0.2) is 72.8 Å². The summed E-state index contributed by atoms with van der Waals surface area (Å²) in [4.78, 5) is 4.57. The van der Waals surface area contributed by atoms with Crippen molar-refractivity contribution in [3.05, 3.63) is 89.5 Å². The molecule has 0 saturated carbocycles. The van der Waals surface area contributed by atoms with Gasteiger partial charge < -0.3 is 10.2 Å². The van der Waals surface area contributed by atoms with Crippen molar-refractivity contribution in [1.29, 1.82) is 0 Å². The SMILES string of the molecule is Oc1ccccc1-c1cc(-c2ccccc2C(F)(F)F)nc2c1Cc1cccc(O)c1-2. The van der Waals surface area contributed by atoms with Gasteiger partial charge in [-0.2, -0.15) is 13.2 Å². The molecular formula is C25H16F3NO2. The molecule has 0 atom stereocenters. The Balaban J connectivity index is 1.85. The highest BCUT2D eigenvalue weighted by molar-refractivity contribution is 5.89. The number of nitrogens with zero attached hydrogens (tertiary/aromatic N) is 1. The van der Waals surface area contributed by atoms with Gasteiger partial charge in [0.2, 0.25) is 0 Å². The monoisotopic (exact) mass is 419 g/mol. The first-order chi connectivity index (χ1) is 14.8. The van der Waals surface area contributed by atoms with Crippen LogP contribution in [0.25, 0.3) is 33.6 Å². The van der Waals surface area contributed by atoms with E-state index in [0.29, 0.717) is 28.8 Å². The average Bonchev–Trinajstić information content (AvgIpc) is 3.13. The van der Waals surface area contributed by atoms with Crippen LogP contribution in [-0.4, -0.2) is 15.2 Å². The summed E-state index contributed by atoms with van der Waals surface area (Å²) < 4.78 is 41.1. The largest absolute Gasteiger partial charge is 0.507 e. The average molecular weight is 419 g/mol. The summed E-state index contributed by atoms with van der Waals surface area (Å²) in [5, 5.41) is 20.9. The van der Waals surface area contributed by atoms with Gasteiger partial charge in [0.1, 0.15) is 11.5 Å². The fourth-order valence-electron chi connectivity index (χ4n) is 4.19. The van der Waals surface area contributed by atoms with Crippen LogP contribution < -0.4 is 0 Å². The lowest BCUT2D eigenvalue weighted by Crippen LogP contribution is -2.07. The van der Waals surface area contributed by atoms with Gasteiger partial charge in [-0.15, -0.1) is 0 Å². The first kappa shape index (κ1) is 19.2. The van der Waals surface area contributed by atoms with Crippen molar-refractivity contribution >= 4 is 0 Å². The molecule has 31 heavy (non-hydrogen) atoms. The Hall–Kier alpha value is -3.80. The maximum absolute atomic E-state index is 13.7. The Kier molecular flexibility index (Phi) is 4.25. The van der Waals surface area contributed by atoms with Crippen molar-refractivity contribution in [2.45, 2.75) is 12.6 Å². The van der Waals surface area contributed by atoms with Crippen molar-refractivity contribution in [1.82, 2.24) is 4.98 Å². The van der Waals surface area contributed by atoms with E-state index in [9.17, 15) is 23.4 Å². The second-order valence-corrected chi connectivity index (χ2v) is 7.43. The lowest BCUT2D eigenvalue weighted by atomic mass is 9.94. The normalized spacial score (nSPS) is 12.5. The van der Waals surface area contributed by atoms with Crippen LogP contribution in [0.1, 0.15) is 16.7 Å². The summed E-state index contributed by atoms with van der Waals surface area (Å²) in [5.41, 5.74) is 2.90. The van der Waals surface area contributed by atoms with Gasteiger partial charge in [-0.05, 0) is 41.0 Å². The predicted octanol–water partition coefficient (Wildman–Crippen LogP) is 6.42. The fourth-order valence-corrected chi connectivity index (χ4v) is 4.19. The van der Waals surface area contributed by atoms with Gasteiger partial charge >= 0.3 is 6.18 Å². The highest BCUT2D eigenvalue weighted by Gasteiger charge is 2.35. The smallest absolute Gasteiger partial charge is 0.417 e. The number of phenolic OH excluding ortho intramolecular Hbond substituents is 2. The molecule has 154 valence electrons. The van der Waals surface area contributed by atoms with Gasteiger partial charge in [0.05, 0.1) is 17.0 Å². The number of hydrogen-bond donors (Lipinski definition) is 2. The van der Waals surface area contributed by atoms with E-state index < -0.39 is 11.7 Å². The number of fused-ring (bicyclic) bond motifs is 3. The fraction of sp³-hybridized carbons (Fsp3) is 0.0800. The van der Waals surface area contributed by atoms with E-state index in [-0.39, 0.29) is 22.8 Å². The highest BCUT2D eigenvalue weighted by Crippen LogP contribution is 2.48. The minimum Gasteiger partial charge on any atom is -0.507 e. The van der Waals surface area contributed by atoms with Gasteiger partial charge in [-0.3, -0.25) is 0 Å². The quantitative estimate of drug-likeness (QED) is 0.347. The van der Waals surface area contributed by atoms with Crippen LogP contribution in [-0.2, 0) is 12.6 Å². The van der Waals surface area contributed by atoms with Crippen molar-refractivity contribution in [3.8, 4) is 45.1 Å².